The van der Waals surface area contributed by atoms with Crippen LogP contribution < -0.4 is 0 Å². The van der Waals surface area contributed by atoms with Gasteiger partial charge in [-0.2, -0.15) is 0 Å². The fraction of sp³-hybridized carbons (Fsp3) is 0.231. The number of aromatic nitrogens is 2. The van der Waals surface area contributed by atoms with Gasteiger partial charge >= 0.3 is 0 Å². The number of rotatable bonds is 1. The van der Waals surface area contributed by atoms with E-state index in [1.54, 1.807) is 6.07 Å². The van der Waals surface area contributed by atoms with Crippen molar-refractivity contribution < 1.29 is 0 Å². The second-order valence-electron chi connectivity index (χ2n) is 4.08. The highest BCUT2D eigenvalue weighted by atomic mass is 79.9. The molecule has 2 aromatic rings. The largest absolute Gasteiger partial charge is 0.233 e. The Labute approximate surface area is 114 Å². The van der Waals surface area contributed by atoms with Gasteiger partial charge in [0.15, 0.2) is 5.82 Å². The third-order valence-corrected chi connectivity index (χ3v) is 3.96. The molecule has 88 valence electrons. The second kappa shape index (κ2) is 4.75. The van der Waals surface area contributed by atoms with Gasteiger partial charge < -0.3 is 0 Å². The summed E-state index contributed by atoms with van der Waals surface area (Å²) in [7, 11) is 0. The van der Waals surface area contributed by atoms with E-state index in [1.165, 1.54) is 11.1 Å². The van der Waals surface area contributed by atoms with Gasteiger partial charge in [0.1, 0.15) is 5.15 Å². The summed E-state index contributed by atoms with van der Waals surface area (Å²) in [6.07, 6.45) is 0. The van der Waals surface area contributed by atoms with Gasteiger partial charge in [-0.3, -0.25) is 0 Å². The molecule has 0 aliphatic heterocycles. The molecule has 0 radical (unpaired) electrons. The molecule has 1 aromatic carbocycles. The zero-order valence-electron chi connectivity index (χ0n) is 9.88. The summed E-state index contributed by atoms with van der Waals surface area (Å²) in [5.74, 6) is 0.675. The molecule has 1 aromatic heterocycles. The quantitative estimate of drug-likeness (QED) is 0.725. The van der Waals surface area contributed by atoms with Gasteiger partial charge in [-0.1, -0.05) is 27.5 Å². The first kappa shape index (κ1) is 12.5. The number of benzene rings is 1. The van der Waals surface area contributed by atoms with E-state index < -0.39 is 0 Å². The van der Waals surface area contributed by atoms with Crippen LogP contribution in [-0.2, 0) is 0 Å². The Bertz CT molecular complexity index is 538. The lowest BCUT2D eigenvalue weighted by molar-refractivity contribution is 1.11. The van der Waals surface area contributed by atoms with Gasteiger partial charge in [0.25, 0.3) is 0 Å². The van der Waals surface area contributed by atoms with Crippen LogP contribution in [0.15, 0.2) is 22.7 Å². The average Bonchev–Trinajstić information content (AvgIpc) is 2.23. The highest BCUT2D eigenvalue weighted by Crippen LogP contribution is 2.27. The maximum Gasteiger partial charge on any atom is 0.161 e. The van der Waals surface area contributed by atoms with Crippen LogP contribution in [-0.4, -0.2) is 9.97 Å². The highest BCUT2D eigenvalue weighted by molar-refractivity contribution is 9.10. The smallest absolute Gasteiger partial charge is 0.161 e. The average molecular weight is 312 g/mol. The lowest BCUT2D eigenvalue weighted by Gasteiger charge is -2.07. The summed E-state index contributed by atoms with van der Waals surface area (Å²) in [6, 6.07) is 5.87. The molecule has 0 unspecified atom stereocenters. The van der Waals surface area contributed by atoms with Gasteiger partial charge in [0.2, 0.25) is 0 Å². The molecule has 17 heavy (non-hydrogen) atoms. The van der Waals surface area contributed by atoms with Crippen LogP contribution in [0.2, 0.25) is 5.15 Å². The van der Waals surface area contributed by atoms with Crippen molar-refractivity contribution in [3.05, 3.63) is 44.6 Å². The Morgan fingerprint density at radius 2 is 1.59 bits per heavy atom. The van der Waals surface area contributed by atoms with Crippen molar-refractivity contribution in [2.24, 2.45) is 0 Å². The van der Waals surface area contributed by atoms with Crippen molar-refractivity contribution in [2.45, 2.75) is 20.8 Å². The molecule has 0 saturated heterocycles. The van der Waals surface area contributed by atoms with Gasteiger partial charge in [0.05, 0.1) is 0 Å². The summed E-state index contributed by atoms with van der Waals surface area (Å²) in [5, 5.41) is 0.478. The second-order valence-corrected chi connectivity index (χ2v) is 5.26. The molecule has 0 atom stereocenters. The molecule has 0 aliphatic carbocycles. The minimum absolute atomic E-state index is 0.478. The van der Waals surface area contributed by atoms with Crippen molar-refractivity contribution in [1.82, 2.24) is 9.97 Å². The van der Waals surface area contributed by atoms with E-state index in [1.807, 2.05) is 6.92 Å². The SMILES string of the molecule is Cc1cc(Cl)nc(-c2cc(C)c(Br)c(C)c2)n1. The zero-order valence-corrected chi connectivity index (χ0v) is 12.2. The fourth-order valence-electron chi connectivity index (χ4n) is 1.73. The molecule has 0 spiro atoms. The first-order valence-electron chi connectivity index (χ1n) is 5.25. The Balaban J connectivity index is 2.60. The molecular weight excluding hydrogens is 300 g/mol. The zero-order chi connectivity index (χ0) is 12.6. The van der Waals surface area contributed by atoms with E-state index >= 15 is 0 Å². The summed E-state index contributed by atoms with van der Waals surface area (Å²) in [4.78, 5) is 8.66. The Kier molecular flexibility index (Phi) is 3.50. The van der Waals surface area contributed by atoms with Crippen molar-refractivity contribution in [3.8, 4) is 11.4 Å². The minimum atomic E-state index is 0.478. The van der Waals surface area contributed by atoms with Crippen LogP contribution in [0.4, 0.5) is 0 Å². The molecule has 2 rings (SSSR count). The molecule has 0 N–H and O–H groups in total. The van der Waals surface area contributed by atoms with Crippen LogP contribution in [0.3, 0.4) is 0 Å². The first-order valence-corrected chi connectivity index (χ1v) is 6.43. The van der Waals surface area contributed by atoms with E-state index in [2.05, 4.69) is 51.9 Å². The van der Waals surface area contributed by atoms with E-state index in [-0.39, 0.29) is 0 Å². The molecule has 0 bridgehead atoms. The fourth-order valence-corrected chi connectivity index (χ4v) is 2.20. The van der Waals surface area contributed by atoms with E-state index in [0.717, 1.165) is 15.7 Å². The molecule has 1 heterocycles. The third-order valence-electron chi connectivity index (χ3n) is 2.52. The van der Waals surface area contributed by atoms with Gasteiger partial charge in [-0.15, -0.1) is 0 Å². The summed E-state index contributed by atoms with van der Waals surface area (Å²) in [5.41, 5.74) is 4.20. The molecule has 2 nitrogen and oxygen atoms in total. The van der Waals surface area contributed by atoms with Gasteiger partial charge in [0, 0.05) is 15.7 Å². The standard InChI is InChI=1S/C13H12BrClN2/c1-7-4-10(5-8(2)12(7)14)13-16-9(3)6-11(15)17-13/h4-6H,1-3H3. The number of hydrogen-bond acceptors (Lipinski definition) is 2. The molecular formula is C13H12BrClN2. The first-order chi connectivity index (χ1) is 7.97. The van der Waals surface area contributed by atoms with Crippen molar-refractivity contribution >= 4 is 27.5 Å². The molecule has 0 aliphatic rings. The molecule has 4 heteroatoms. The maximum absolute atomic E-state index is 5.95. The van der Waals surface area contributed by atoms with Crippen LogP contribution in [0.1, 0.15) is 16.8 Å². The predicted molar refractivity (Wildman–Crippen MR) is 74.4 cm³/mol. The van der Waals surface area contributed by atoms with Gasteiger partial charge in [-0.05, 0) is 50.1 Å². The van der Waals surface area contributed by atoms with Crippen LogP contribution >= 0.6 is 27.5 Å². The summed E-state index contributed by atoms with van der Waals surface area (Å²) < 4.78 is 1.13. The van der Waals surface area contributed by atoms with Crippen LogP contribution in [0.5, 0.6) is 0 Å². The Hall–Kier alpha value is -0.930. The van der Waals surface area contributed by atoms with Crippen LogP contribution in [0.25, 0.3) is 11.4 Å². The van der Waals surface area contributed by atoms with Gasteiger partial charge in [-0.25, -0.2) is 9.97 Å². The summed E-state index contributed by atoms with van der Waals surface area (Å²) in [6.45, 7) is 6.02. The van der Waals surface area contributed by atoms with E-state index in [4.69, 9.17) is 11.6 Å². The Morgan fingerprint density at radius 1 is 1.00 bits per heavy atom. The molecule has 0 fully saturated rings. The summed E-state index contributed by atoms with van der Waals surface area (Å²) >= 11 is 9.50. The highest BCUT2D eigenvalue weighted by Gasteiger charge is 2.08. The maximum atomic E-state index is 5.95. The number of hydrogen-bond donors (Lipinski definition) is 0. The predicted octanol–water partition coefficient (Wildman–Crippen LogP) is 4.48. The van der Waals surface area contributed by atoms with Crippen molar-refractivity contribution in [2.75, 3.05) is 0 Å². The van der Waals surface area contributed by atoms with E-state index in [9.17, 15) is 0 Å². The normalized spacial score (nSPS) is 10.6. The number of halogens is 2. The lowest BCUT2D eigenvalue weighted by atomic mass is 10.1. The van der Waals surface area contributed by atoms with Crippen molar-refractivity contribution in [1.29, 1.82) is 0 Å². The van der Waals surface area contributed by atoms with Crippen LogP contribution in [0, 0.1) is 20.8 Å². The molecule has 0 amide bonds. The topological polar surface area (TPSA) is 25.8 Å². The third kappa shape index (κ3) is 2.67. The lowest BCUT2D eigenvalue weighted by Crippen LogP contribution is -1.94. The van der Waals surface area contributed by atoms with Crippen molar-refractivity contribution in [3.63, 3.8) is 0 Å². The van der Waals surface area contributed by atoms with E-state index in [0.29, 0.717) is 11.0 Å². The number of aryl methyl sites for hydroxylation is 3. The number of nitrogens with zero attached hydrogens (tertiary/aromatic N) is 2. The monoisotopic (exact) mass is 310 g/mol. The molecule has 0 saturated carbocycles. The minimum Gasteiger partial charge on any atom is -0.233 e. The Morgan fingerprint density at radius 3 is 2.12 bits per heavy atom.